The summed E-state index contributed by atoms with van der Waals surface area (Å²) in [7, 11) is 1.70. The highest BCUT2D eigenvalue weighted by Gasteiger charge is 2.31. The second-order valence-electron chi connectivity index (χ2n) is 6.60. The maximum Gasteiger partial charge on any atom is 0.329 e. The highest BCUT2D eigenvalue weighted by Crippen LogP contribution is 2.24. The summed E-state index contributed by atoms with van der Waals surface area (Å²) in [5.74, 6) is -0.169. The first-order valence-electron chi connectivity index (χ1n) is 7.92. The summed E-state index contributed by atoms with van der Waals surface area (Å²) in [6.45, 7) is 4.28. The molecule has 2 heterocycles. The molecule has 6 heteroatoms. The van der Waals surface area contributed by atoms with Gasteiger partial charge >= 0.3 is 5.69 Å². The lowest BCUT2D eigenvalue weighted by Gasteiger charge is -2.22. The summed E-state index contributed by atoms with van der Waals surface area (Å²) in [5, 5.41) is 2.33. The summed E-state index contributed by atoms with van der Waals surface area (Å²) in [5.41, 5.74) is 2.47. The van der Waals surface area contributed by atoms with Gasteiger partial charge in [0.05, 0.1) is 11.0 Å². The highest BCUT2D eigenvalue weighted by molar-refractivity contribution is 6.00. The van der Waals surface area contributed by atoms with Crippen molar-refractivity contribution in [2.75, 3.05) is 0 Å². The molecule has 1 aromatic heterocycles. The molecule has 1 fully saturated rings. The van der Waals surface area contributed by atoms with E-state index in [-0.39, 0.29) is 18.0 Å². The van der Waals surface area contributed by atoms with Gasteiger partial charge in [-0.15, -0.1) is 0 Å². The molecule has 1 aliphatic rings. The second kappa shape index (κ2) is 5.68. The maximum absolute atomic E-state index is 12.6. The van der Waals surface area contributed by atoms with Gasteiger partial charge in [0.2, 0.25) is 11.8 Å². The van der Waals surface area contributed by atoms with E-state index in [1.54, 1.807) is 11.6 Å². The standard InChI is InChI=1S/C17H21N3O3/c1-10(2)8-11-4-5-12-14(9-11)20(17(23)19(12)3)13-6-7-15(21)18-16(13)22/h4-5,9-10,13H,6-8H2,1-3H3,(H,18,21,22). The minimum absolute atomic E-state index is 0.226. The Hall–Kier alpha value is -2.37. The van der Waals surface area contributed by atoms with Crippen LogP contribution >= 0.6 is 0 Å². The van der Waals surface area contributed by atoms with Crippen LogP contribution in [-0.4, -0.2) is 20.9 Å². The van der Waals surface area contributed by atoms with E-state index in [1.807, 2.05) is 18.2 Å². The Morgan fingerprint density at radius 2 is 1.96 bits per heavy atom. The largest absolute Gasteiger partial charge is 0.329 e. The number of rotatable bonds is 3. The van der Waals surface area contributed by atoms with Gasteiger partial charge < -0.3 is 0 Å². The molecule has 0 radical (unpaired) electrons. The van der Waals surface area contributed by atoms with E-state index >= 15 is 0 Å². The predicted octanol–water partition coefficient (Wildman–Crippen LogP) is 1.52. The third-order valence-corrected chi connectivity index (χ3v) is 4.32. The number of fused-ring (bicyclic) bond motifs is 1. The van der Waals surface area contributed by atoms with Crippen molar-refractivity contribution in [2.24, 2.45) is 13.0 Å². The van der Waals surface area contributed by atoms with E-state index in [1.165, 1.54) is 4.57 Å². The van der Waals surface area contributed by atoms with Gasteiger partial charge in [0.25, 0.3) is 0 Å². The van der Waals surface area contributed by atoms with E-state index in [0.29, 0.717) is 12.3 Å². The molecule has 0 saturated carbocycles. The molecule has 6 nitrogen and oxygen atoms in total. The van der Waals surface area contributed by atoms with Crippen LogP contribution in [0.3, 0.4) is 0 Å². The summed E-state index contributed by atoms with van der Waals surface area (Å²) in [6, 6.07) is 5.31. The summed E-state index contributed by atoms with van der Waals surface area (Å²) in [4.78, 5) is 36.1. The normalized spacial score (nSPS) is 18.7. The molecule has 1 unspecified atom stereocenters. The molecule has 1 aromatic carbocycles. The zero-order valence-electron chi connectivity index (χ0n) is 13.6. The van der Waals surface area contributed by atoms with Gasteiger partial charge in [-0.3, -0.25) is 24.0 Å². The van der Waals surface area contributed by atoms with Gasteiger partial charge in [-0.2, -0.15) is 0 Å². The van der Waals surface area contributed by atoms with Crippen LogP contribution in [0.1, 0.15) is 38.3 Å². The molecule has 1 N–H and O–H groups in total. The van der Waals surface area contributed by atoms with Crippen molar-refractivity contribution in [1.82, 2.24) is 14.5 Å². The first-order valence-corrected chi connectivity index (χ1v) is 7.92. The van der Waals surface area contributed by atoms with Gasteiger partial charge in [-0.1, -0.05) is 19.9 Å². The summed E-state index contributed by atoms with van der Waals surface area (Å²) in [6.07, 6.45) is 1.53. The first-order chi connectivity index (χ1) is 10.9. The number of nitrogens with zero attached hydrogens (tertiary/aromatic N) is 2. The second-order valence-corrected chi connectivity index (χ2v) is 6.60. The zero-order valence-corrected chi connectivity index (χ0v) is 13.6. The number of hydrogen-bond donors (Lipinski definition) is 1. The molecule has 2 amide bonds. The van der Waals surface area contributed by atoms with Gasteiger partial charge in [-0.05, 0) is 36.5 Å². The lowest BCUT2D eigenvalue weighted by molar-refractivity contribution is -0.135. The fourth-order valence-corrected chi connectivity index (χ4v) is 3.24. The van der Waals surface area contributed by atoms with Crippen molar-refractivity contribution in [3.05, 3.63) is 34.2 Å². The Morgan fingerprint density at radius 3 is 2.61 bits per heavy atom. The lowest BCUT2D eigenvalue weighted by Crippen LogP contribution is -2.44. The van der Waals surface area contributed by atoms with Crippen LogP contribution in [0.5, 0.6) is 0 Å². The number of nitrogens with one attached hydrogen (secondary N) is 1. The molecule has 0 spiro atoms. The quantitative estimate of drug-likeness (QED) is 0.873. The van der Waals surface area contributed by atoms with Gasteiger partial charge in [-0.25, -0.2) is 4.79 Å². The lowest BCUT2D eigenvalue weighted by atomic mass is 10.0. The average molecular weight is 315 g/mol. The monoisotopic (exact) mass is 315 g/mol. The average Bonchev–Trinajstić information content (AvgIpc) is 2.71. The van der Waals surface area contributed by atoms with Crippen LogP contribution in [0, 0.1) is 5.92 Å². The number of imide groups is 1. The number of hydrogen-bond acceptors (Lipinski definition) is 3. The van der Waals surface area contributed by atoms with Crippen LogP contribution in [0.25, 0.3) is 11.0 Å². The molecule has 0 aliphatic carbocycles. The summed E-state index contributed by atoms with van der Waals surface area (Å²) < 4.78 is 3.08. The van der Waals surface area contributed by atoms with E-state index in [9.17, 15) is 14.4 Å². The van der Waals surface area contributed by atoms with Crippen LogP contribution in [-0.2, 0) is 23.1 Å². The van der Waals surface area contributed by atoms with E-state index in [0.717, 1.165) is 23.0 Å². The van der Waals surface area contributed by atoms with Gasteiger partial charge in [0.15, 0.2) is 0 Å². The van der Waals surface area contributed by atoms with Crippen molar-refractivity contribution < 1.29 is 9.59 Å². The van der Waals surface area contributed by atoms with Crippen LogP contribution in [0.4, 0.5) is 0 Å². The molecule has 1 aliphatic heterocycles. The number of aromatic nitrogens is 2. The molecule has 23 heavy (non-hydrogen) atoms. The minimum atomic E-state index is -0.627. The van der Waals surface area contributed by atoms with Gasteiger partial charge in [0, 0.05) is 13.5 Å². The van der Waals surface area contributed by atoms with Crippen LogP contribution in [0.2, 0.25) is 0 Å². The SMILES string of the molecule is CC(C)Cc1ccc2c(c1)n(C1CCC(=O)NC1=O)c(=O)n2C. The number of benzene rings is 1. The molecular formula is C17H21N3O3. The Bertz CT molecular complexity index is 845. The number of amides is 2. The minimum Gasteiger partial charge on any atom is -0.295 e. The third kappa shape index (κ3) is 2.69. The Kier molecular flexibility index (Phi) is 3.83. The molecule has 1 saturated heterocycles. The number of carbonyl (C=O) groups is 2. The van der Waals surface area contributed by atoms with Crippen molar-refractivity contribution in [3.63, 3.8) is 0 Å². The van der Waals surface area contributed by atoms with Crippen LogP contribution < -0.4 is 11.0 Å². The Morgan fingerprint density at radius 1 is 1.22 bits per heavy atom. The van der Waals surface area contributed by atoms with Gasteiger partial charge in [0.1, 0.15) is 6.04 Å². The van der Waals surface area contributed by atoms with Crippen LogP contribution in [0.15, 0.2) is 23.0 Å². The van der Waals surface area contributed by atoms with Crippen molar-refractivity contribution in [2.45, 2.75) is 39.2 Å². The number of imidazole rings is 1. The molecule has 2 aromatic rings. The van der Waals surface area contributed by atoms with Crippen molar-refractivity contribution >= 4 is 22.8 Å². The molecule has 0 bridgehead atoms. The molecule has 3 rings (SSSR count). The predicted molar refractivity (Wildman–Crippen MR) is 87.1 cm³/mol. The smallest absolute Gasteiger partial charge is 0.295 e. The van der Waals surface area contributed by atoms with E-state index in [4.69, 9.17) is 0 Å². The first kappa shape index (κ1) is 15.5. The highest BCUT2D eigenvalue weighted by atomic mass is 16.2. The molecular weight excluding hydrogens is 294 g/mol. The zero-order chi connectivity index (χ0) is 16.7. The molecule has 122 valence electrons. The number of aryl methyl sites for hydroxylation is 1. The molecule has 1 atom stereocenters. The third-order valence-electron chi connectivity index (χ3n) is 4.32. The van der Waals surface area contributed by atoms with Crippen molar-refractivity contribution in [1.29, 1.82) is 0 Å². The topological polar surface area (TPSA) is 73.1 Å². The number of carbonyl (C=O) groups excluding carboxylic acids is 2. The Balaban J connectivity index is 2.15. The maximum atomic E-state index is 12.6. The number of piperidine rings is 1. The van der Waals surface area contributed by atoms with E-state index in [2.05, 4.69) is 19.2 Å². The fraction of sp³-hybridized carbons (Fsp3) is 0.471. The van der Waals surface area contributed by atoms with E-state index < -0.39 is 11.9 Å². The van der Waals surface area contributed by atoms with Crippen molar-refractivity contribution in [3.8, 4) is 0 Å². The summed E-state index contributed by atoms with van der Waals surface area (Å²) >= 11 is 0. The Labute approximate surface area is 134 Å². The fourth-order valence-electron chi connectivity index (χ4n) is 3.24.